The third-order valence-corrected chi connectivity index (χ3v) is 3.52. The number of halogens is 1. The van der Waals surface area contributed by atoms with Gasteiger partial charge >= 0.3 is 0 Å². The molecule has 0 spiro atoms. The molecule has 0 saturated carbocycles. The molecule has 0 aromatic heterocycles. The molecule has 0 heterocycles. The number of nitro groups is 1. The summed E-state index contributed by atoms with van der Waals surface area (Å²) in [5, 5.41) is 23.0. The number of anilines is 1. The molecule has 0 unspecified atom stereocenters. The first-order valence-electron chi connectivity index (χ1n) is 5.96. The van der Waals surface area contributed by atoms with Gasteiger partial charge in [-0.1, -0.05) is 24.3 Å². The molecular weight excluding hydrogens is 371 g/mol. The predicted molar refractivity (Wildman–Crippen MR) is 85.5 cm³/mol. The summed E-state index contributed by atoms with van der Waals surface area (Å²) >= 11 is 2.05. The lowest BCUT2D eigenvalue weighted by Gasteiger charge is -2.08. The van der Waals surface area contributed by atoms with Crippen molar-refractivity contribution in [1.29, 1.82) is 0 Å². The van der Waals surface area contributed by atoms with Crippen LogP contribution in [0, 0.1) is 13.7 Å². The van der Waals surface area contributed by atoms with Gasteiger partial charge in [0.15, 0.2) is 0 Å². The van der Waals surface area contributed by atoms with Crippen LogP contribution in [0.25, 0.3) is 0 Å². The van der Waals surface area contributed by atoms with Crippen molar-refractivity contribution < 1.29 is 10.0 Å². The Hall–Kier alpha value is -1.67. The van der Waals surface area contributed by atoms with Crippen molar-refractivity contribution >= 4 is 34.0 Å². The van der Waals surface area contributed by atoms with Gasteiger partial charge in [0.25, 0.3) is 5.69 Å². The van der Waals surface area contributed by atoms with Crippen molar-refractivity contribution in [2.75, 3.05) is 5.32 Å². The van der Waals surface area contributed by atoms with Crippen LogP contribution in [0.1, 0.15) is 11.1 Å². The largest absolute Gasteiger partial charge is 0.392 e. The number of aliphatic hydroxyl groups excluding tert-OH is 1. The number of benzene rings is 2. The molecule has 0 radical (unpaired) electrons. The number of hydrogen-bond donors (Lipinski definition) is 2. The molecule has 2 aromatic rings. The highest BCUT2D eigenvalue weighted by molar-refractivity contribution is 14.1. The van der Waals surface area contributed by atoms with E-state index < -0.39 is 0 Å². The predicted octanol–water partition coefficient (Wildman–Crippen LogP) is 3.30. The summed E-state index contributed by atoms with van der Waals surface area (Å²) in [6.07, 6.45) is 0. The molecule has 20 heavy (non-hydrogen) atoms. The number of rotatable bonds is 5. The van der Waals surface area contributed by atoms with Crippen LogP contribution in [0.2, 0.25) is 0 Å². The summed E-state index contributed by atoms with van der Waals surface area (Å²) in [5.74, 6) is 0. The maximum atomic E-state index is 11.0. The van der Waals surface area contributed by atoms with E-state index in [0.29, 0.717) is 12.2 Å². The first kappa shape index (κ1) is 14.7. The molecular formula is C14H13IN2O3. The maximum Gasteiger partial charge on any atom is 0.293 e. The first-order valence-corrected chi connectivity index (χ1v) is 7.04. The second kappa shape index (κ2) is 6.67. The summed E-state index contributed by atoms with van der Waals surface area (Å²) in [6.45, 7) is 0.503. The molecule has 0 amide bonds. The maximum absolute atomic E-state index is 11.0. The zero-order valence-corrected chi connectivity index (χ0v) is 12.7. The van der Waals surface area contributed by atoms with Crippen LogP contribution >= 0.6 is 22.6 Å². The molecule has 0 aliphatic rings. The molecule has 0 aliphatic heterocycles. The van der Waals surface area contributed by atoms with Crippen molar-refractivity contribution in [2.45, 2.75) is 13.2 Å². The molecule has 0 fully saturated rings. The Kier molecular flexibility index (Phi) is 4.91. The summed E-state index contributed by atoms with van der Waals surface area (Å²) in [7, 11) is 0. The monoisotopic (exact) mass is 384 g/mol. The Balaban J connectivity index is 2.12. The van der Waals surface area contributed by atoms with Gasteiger partial charge in [0.2, 0.25) is 0 Å². The average molecular weight is 384 g/mol. The van der Waals surface area contributed by atoms with E-state index in [1.54, 1.807) is 6.07 Å². The van der Waals surface area contributed by atoms with Crippen molar-refractivity contribution in [1.82, 2.24) is 0 Å². The lowest BCUT2D eigenvalue weighted by Crippen LogP contribution is -2.03. The van der Waals surface area contributed by atoms with Gasteiger partial charge in [-0.2, -0.15) is 0 Å². The van der Waals surface area contributed by atoms with Crippen LogP contribution in [0.3, 0.4) is 0 Å². The Bertz CT molecular complexity index is 614. The standard InChI is InChI=1S/C14H13IN2O3/c15-12-5-6-13(14(7-12)17(19)20)16-8-10-1-3-11(9-18)4-2-10/h1-7,16,18H,8-9H2. The fourth-order valence-electron chi connectivity index (χ4n) is 1.77. The smallest absolute Gasteiger partial charge is 0.293 e. The van der Waals surface area contributed by atoms with Crippen LogP contribution in [0.4, 0.5) is 11.4 Å². The van der Waals surface area contributed by atoms with Crippen LogP contribution < -0.4 is 5.32 Å². The zero-order valence-electron chi connectivity index (χ0n) is 10.5. The fourth-order valence-corrected chi connectivity index (χ4v) is 2.24. The van der Waals surface area contributed by atoms with Gasteiger partial charge in [-0.15, -0.1) is 0 Å². The molecule has 5 nitrogen and oxygen atoms in total. The molecule has 104 valence electrons. The number of nitrogens with one attached hydrogen (secondary N) is 1. The topological polar surface area (TPSA) is 75.4 Å². The first-order chi connectivity index (χ1) is 9.60. The second-order valence-electron chi connectivity index (χ2n) is 4.25. The molecule has 2 aromatic carbocycles. The van der Waals surface area contributed by atoms with Crippen LogP contribution in [0.5, 0.6) is 0 Å². The van der Waals surface area contributed by atoms with E-state index in [4.69, 9.17) is 5.11 Å². The Labute approximate surface area is 129 Å². The van der Waals surface area contributed by atoms with E-state index in [0.717, 1.165) is 14.7 Å². The second-order valence-corrected chi connectivity index (χ2v) is 5.49. The van der Waals surface area contributed by atoms with Gasteiger partial charge in [0.05, 0.1) is 11.5 Å². The summed E-state index contributed by atoms with van der Waals surface area (Å²) < 4.78 is 0.826. The summed E-state index contributed by atoms with van der Waals surface area (Å²) in [6, 6.07) is 12.5. The third kappa shape index (κ3) is 3.67. The molecule has 6 heteroatoms. The number of aliphatic hydroxyl groups is 1. The number of hydrogen-bond acceptors (Lipinski definition) is 4. The SMILES string of the molecule is O=[N+]([O-])c1cc(I)ccc1NCc1ccc(CO)cc1. The highest BCUT2D eigenvalue weighted by Gasteiger charge is 2.13. The van der Waals surface area contributed by atoms with Gasteiger partial charge in [-0.25, -0.2) is 0 Å². The Morgan fingerprint density at radius 2 is 1.80 bits per heavy atom. The van der Waals surface area contributed by atoms with E-state index in [1.807, 2.05) is 52.9 Å². The molecule has 0 bridgehead atoms. The summed E-state index contributed by atoms with van der Waals surface area (Å²) in [5.41, 5.74) is 2.41. The van der Waals surface area contributed by atoms with Gasteiger partial charge < -0.3 is 10.4 Å². The zero-order chi connectivity index (χ0) is 14.5. The van der Waals surface area contributed by atoms with Crippen LogP contribution in [-0.4, -0.2) is 10.0 Å². The van der Waals surface area contributed by atoms with E-state index in [-0.39, 0.29) is 17.2 Å². The lowest BCUT2D eigenvalue weighted by molar-refractivity contribution is -0.384. The van der Waals surface area contributed by atoms with Crippen LogP contribution in [0.15, 0.2) is 42.5 Å². The van der Waals surface area contributed by atoms with E-state index in [2.05, 4.69) is 5.32 Å². The average Bonchev–Trinajstić information content (AvgIpc) is 2.46. The molecule has 0 aliphatic carbocycles. The highest BCUT2D eigenvalue weighted by atomic mass is 127. The third-order valence-electron chi connectivity index (χ3n) is 2.84. The van der Waals surface area contributed by atoms with E-state index >= 15 is 0 Å². The minimum absolute atomic E-state index is 0.0102. The fraction of sp³-hybridized carbons (Fsp3) is 0.143. The Morgan fingerprint density at radius 1 is 1.15 bits per heavy atom. The molecule has 0 atom stereocenters. The van der Waals surface area contributed by atoms with Crippen molar-refractivity contribution in [2.24, 2.45) is 0 Å². The summed E-state index contributed by atoms with van der Waals surface area (Å²) in [4.78, 5) is 10.6. The number of nitrogens with zero attached hydrogens (tertiary/aromatic N) is 1. The van der Waals surface area contributed by atoms with Gasteiger partial charge in [-0.3, -0.25) is 10.1 Å². The quantitative estimate of drug-likeness (QED) is 0.471. The van der Waals surface area contributed by atoms with E-state index in [9.17, 15) is 10.1 Å². The van der Waals surface area contributed by atoms with Crippen molar-refractivity contribution in [3.63, 3.8) is 0 Å². The molecule has 0 saturated heterocycles. The Morgan fingerprint density at radius 3 is 2.40 bits per heavy atom. The minimum atomic E-state index is -0.390. The number of nitro benzene ring substituents is 1. The minimum Gasteiger partial charge on any atom is -0.392 e. The van der Waals surface area contributed by atoms with Gasteiger partial charge in [-0.05, 0) is 45.9 Å². The van der Waals surface area contributed by atoms with E-state index in [1.165, 1.54) is 6.07 Å². The molecule has 2 N–H and O–H groups in total. The van der Waals surface area contributed by atoms with Crippen molar-refractivity contribution in [3.8, 4) is 0 Å². The van der Waals surface area contributed by atoms with Crippen LogP contribution in [-0.2, 0) is 13.2 Å². The van der Waals surface area contributed by atoms with Gasteiger partial charge in [0, 0.05) is 16.2 Å². The van der Waals surface area contributed by atoms with Crippen molar-refractivity contribution in [3.05, 3.63) is 67.3 Å². The highest BCUT2D eigenvalue weighted by Crippen LogP contribution is 2.26. The normalized spacial score (nSPS) is 10.3. The molecule has 2 rings (SSSR count). The van der Waals surface area contributed by atoms with Gasteiger partial charge in [0.1, 0.15) is 5.69 Å². The lowest BCUT2D eigenvalue weighted by atomic mass is 10.1.